The van der Waals surface area contributed by atoms with Crippen LogP contribution in [-0.2, 0) is 9.53 Å². The quantitative estimate of drug-likeness (QED) is 0.0400. The minimum Gasteiger partial charge on any atom is -0.466 e. The Morgan fingerprint density at radius 3 is 1.00 bits per heavy atom. The average molecular weight is 605 g/mol. The van der Waals surface area contributed by atoms with Gasteiger partial charge in [0.1, 0.15) is 0 Å². The summed E-state index contributed by atoms with van der Waals surface area (Å²) in [4.78, 5) is 12.0. The molecular formula is C41H80O2. The zero-order valence-corrected chi connectivity index (χ0v) is 29.9. The van der Waals surface area contributed by atoms with Crippen molar-refractivity contribution in [3.8, 4) is 0 Å². The Kier molecular flexibility index (Phi) is 38.5. The SMILES string of the molecule is CCCCCCCC/C=C\CCCCCCCCOC(=O)CCCCCCCCCCCCCCCCCCCCCC. The molecule has 0 aromatic heterocycles. The molecule has 0 saturated carbocycles. The minimum atomic E-state index is 0.0233. The summed E-state index contributed by atoms with van der Waals surface area (Å²) < 4.78 is 5.45. The van der Waals surface area contributed by atoms with Crippen molar-refractivity contribution in [1.29, 1.82) is 0 Å². The molecule has 0 aliphatic carbocycles. The Balaban J connectivity index is 3.17. The molecule has 0 aromatic carbocycles. The van der Waals surface area contributed by atoms with Crippen molar-refractivity contribution in [3.05, 3.63) is 12.2 Å². The Labute approximate surface area is 272 Å². The largest absolute Gasteiger partial charge is 0.466 e. The number of unbranched alkanes of at least 4 members (excludes halogenated alkanes) is 31. The number of esters is 1. The summed E-state index contributed by atoms with van der Waals surface area (Å²) in [6, 6.07) is 0. The van der Waals surface area contributed by atoms with Crippen LogP contribution in [-0.4, -0.2) is 12.6 Å². The molecule has 0 aromatic rings. The van der Waals surface area contributed by atoms with E-state index in [1.807, 2.05) is 0 Å². The number of carbonyl (C=O) groups is 1. The molecule has 0 amide bonds. The van der Waals surface area contributed by atoms with Crippen LogP contribution in [0.5, 0.6) is 0 Å². The number of carbonyl (C=O) groups excluding carboxylic acids is 1. The molecule has 0 atom stereocenters. The lowest BCUT2D eigenvalue weighted by atomic mass is 10.0. The maximum absolute atomic E-state index is 12.0. The van der Waals surface area contributed by atoms with Gasteiger partial charge in [-0.25, -0.2) is 0 Å². The van der Waals surface area contributed by atoms with Crippen molar-refractivity contribution in [2.24, 2.45) is 0 Å². The van der Waals surface area contributed by atoms with Gasteiger partial charge in [0.25, 0.3) is 0 Å². The molecule has 0 aliphatic heterocycles. The molecule has 0 spiro atoms. The van der Waals surface area contributed by atoms with Crippen LogP contribution < -0.4 is 0 Å². The third kappa shape index (κ3) is 39.2. The van der Waals surface area contributed by atoms with E-state index in [1.165, 1.54) is 205 Å². The van der Waals surface area contributed by atoms with Crippen LogP contribution in [0, 0.1) is 0 Å². The predicted molar refractivity (Wildman–Crippen MR) is 193 cm³/mol. The first-order valence-corrected chi connectivity index (χ1v) is 20.1. The van der Waals surface area contributed by atoms with Gasteiger partial charge in [0.2, 0.25) is 0 Å². The fraction of sp³-hybridized carbons (Fsp3) is 0.927. The number of hydrogen-bond acceptors (Lipinski definition) is 2. The Morgan fingerprint density at radius 2 is 0.651 bits per heavy atom. The molecule has 0 bridgehead atoms. The van der Waals surface area contributed by atoms with Gasteiger partial charge in [-0.2, -0.15) is 0 Å². The lowest BCUT2D eigenvalue weighted by Gasteiger charge is -2.05. The lowest BCUT2D eigenvalue weighted by molar-refractivity contribution is -0.143. The van der Waals surface area contributed by atoms with Gasteiger partial charge in [-0.3, -0.25) is 4.79 Å². The summed E-state index contributed by atoms with van der Waals surface area (Å²) in [5.74, 6) is 0.0233. The summed E-state index contributed by atoms with van der Waals surface area (Å²) >= 11 is 0. The normalized spacial score (nSPS) is 11.6. The van der Waals surface area contributed by atoms with Crippen LogP contribution in [0.3, 0.4) is 0 Å². The van der Waals surface area contributed by atoms with Crippen molar-refractivity contribution in [2.75, 3.05) is 6.61 Å². The third-order valence-corrected chi connectivity index (χ3v) is 9.15. The average Bonchev–Trinajstić information content (AvgIpc) is 3.01. The number of rotatable bonds is 37. The van der Waals surface area contributed by atoms with E-state index in [0.29, 0.717) is 13.0 Å². The molecule has 256 valence electrons. The summed E-state index contributed by atoms with van der Waals surface area (Å²) in [5, 5.41) is 0. The van der Waals surface area contributed by atoms with Crippen LogP contribution in [0.15, 0.2) is 12.2 Å². The Hall–Kier alpha value is -0.790. The highest BCUT2D eigenvalue weighted by Crippen LogP contribution is 2.15. The van der Waals surface area contributed by atoms with Crippen LogP contribution in [0.1, 0.15) is 239 Å². The summed E-state index contributed by atoms with van der Waals surface area (Å²) in [6.07, 6.45) is 51.5. The van der Waals surface area contributed by atoms with Crippen molar-refractivity contribution in [1.82, 2.24) is 0 Å². The first-order valence-electron chi connectivity index (χ1n) is 20.1. The molecule has 0 N–H and O–H groups in total. The first-order chi connectivity index (χ1) is 21.3. The van der Waals surface area contributed by atoms with Crippen LogP contribution >= 0.6 is 0 Å². The highest BCUT2D eigenvalue weighted by Gasteiger charge is 2.03. The van der Waals surface area contributed by atoms with Crippen molar-refractivity contribution >= 4 is 5.97 Å². The number of hydrogen-bond donors (Lipinski definition) is 0. The summed E-state index contributed by atoms with van der Waals surface area (Å²) in [7, 11) is 0. The molecule has 0 fully saturated rings. The fourth-order valence-electron chi connectivity index (χ4n) is 6.13. The molecule has 0 heterocycles. The Morgan fingerprint density at radius 1 is 0.372 bits per heavy atom. The number of allylic oxidation sites excluding steroid dienone is 2. The molecule has 2 heteroatoms. The van der Waals surface area contributed by atoms with Gasteiger partial charge < -0.3 is 4.74 Å². The zero-order valence-electron chi connectivity index (χ0n) is 29.9. The zero-order chi connectivity index (χ0) is 31.2. The van der Waals surface area contributed by atoms with Crippen molar-refractivity contribution in [2.45, 2.75) is 239 Å². The topological polar surface area (TPSA) is 26.3 Å². The molecular weight excluding hydrogens is 524 g/mol. The van der Waals surface area contributed by atoms with Crippen LogP contribution in [0.2, 0.25) is 0 Å². The molecule has 2 nitrogen and oxygen atoms in total. The predicted octanol–water partition coefficient (Wildman–Crippen LogP) is 14.8. The van der Waals surface area contributed by atoms with Gasteiger partial charge in [-0.1, -0.05) is 206 Å². The van der Waals surface area contributed by atoms with E-state index in [-0.39, 0.29) is 5.97 Å². The van der Waals surface area contributed by atoms with E-state index in [1.54, 1.807) is 0 Å². The molecule has 43 heavy (non-hydrogen) atoms. The van der Waals surface area contributed by atoms with E-state index in [4.69, 9.17) is 4.74 Å². The van der Waals surface area contributed by atoms with Crippen molar-refractivity contribution in [3.63, 3.8) is 0 Å². The summed E-state index contributed by atoms with van der Waals surface area (Å²) in [5.41, 5.74) is 0. The first kappa shape index (κ1) is 42.2. The smallest absolute Gasteiger partial charge is 0.305 e. The standard InChI is InChI=1S/C41H80O2/c1-3-5-7-9-11-13-15-17-19-21-22-23-24-25-27-29-31-33-35-37-39-41(42)43-40-38-36-34-32-30-28-26-20-18-16-14-12-10-8-6-4-2/h18,20H,3-17,19,21-40H2,1-2H3/b20-18-. The second-order valence-electron chi connectivity index (χ2n) is 13.6. The van der Waals surface area contributed by atoms with E-state index < -0.39 is 0 Å². The maximum Gasteiger partial charge on any atom is 0.305 e. The van der Waals surface area contributed by atoms with Gasteiger partial charge in [0.05, 0.1) is 6.61 Å². The van der Waals surface area contributed by atoms with Crippen LogP contribution in [0.25, 0.3) is 0 Å². The second-order valence-corrected chi connectivity index (χ2v) is 13.6. The number of ether oxygens (including phenoxy) is 1. The van der Waals surface area contributed by atoms with Gasteiger partial charge >= 0.3 is 5.97 Å². The highest BCUT2D eigenvalue weighted by molar-refractivity contribution is 5.69. The van der Waals surface area contributed by atoms with Crippen molar-refractivity contribution < 1.29 is 9.53 Å². The van der Waals surface area contributed by atoms with E-state index in [9.17, 15) is 4.79 Å². The monoisotopic (exact) mass is 605 g/mol. The summed E-state index contributed by atoms with van der Waals surface area (Å²) in [6.45, 7) is 5.20. The Bertz CT molecular complexity index is 540. The molecule has 0 saturated heterocycles. The lowest BCUT2D eigenvalue weighted by Crippen LogP contribution is -2.05. The van der Waals surface area contributed by atoms with E-state index in [0.717, 1.165) is 12.8 Å². The molecule has 0 unspecified atom stereocenters. The van der Waals surface area contributed by atoms with Gasteiger partial charge in [0, 0.05) is 6.42 Å². The molecule has 0 radical (unpaired) electrons. The van der Waals surface area contributed by atoms with E-state index >= 15 is 0 Å². The highest BCUT2D eigenvalue weighted by atomic mass is 16.5. The molecule has 0 rings (SSSR count). The minimum absolute atomic E-state index is 0.0233. The van der Waals surface area contributed by atoms with Gasteiger partial charge in [-0.05, 0) is 38.5 Å². The second kappa shape index (κ2) is 39.2. The van der Waals surface area contributed by atoms with Gasteiger partial charge in [0.15, 0.2) is 0 Å². The maximum atomic E-state index is 12.0. The van der Waals surface area contributed by atoms with Gasteiger partial charge in [-0.15, -0.1) is 0 Å². The fourth-order valence-corrected chi connectivity index (χ4v) is 6.13. The van der Waals surface area contributed by atoms with Crippen LogP contribution in [0.4, 0.5) is 0 Å². The third-order valence-electron chi connectivity index (χ3n) is 9.15. The molecule has 0 aliphatic rings. The van der Waals surface area contributed by atoms with E-state index in [2.05, 4.69) is 26.0 Å².